The molecule has 152 valence electrons. The number of aryl methyl sites for hydroxylation is 2. The van der Waals surface area contributed by atoms with Crippen LogP contribution in [-0.4, -0.2) is 22.8 Å². The highest BCUT2D eigenvalue weighted by Gasteiger charge is 2.28. The van der Waals surface area contributed by atoms with Gasteiger partial charge in [0.25, 0.3) is 5.56 Å². The number of aromatic amines is 1. The molecule has 2 aromatic carbocycles. The predicted molar refractivity (Wildman–Crippen MR) is 115 cm³/mol. The van der Waals surface area contributed by atoms with Crippen molar-refractivity contribution in [3.05, 3.63) is 57.9 Å². The molecule has 1 aliphatic rings. The second-order valence-electron chi connectivity index (χ2n) is 7.96. The number of benzene rings is 2. The standard InChI is InChI=1S/C23H27N3O3/c1-14-7-10-17(13-20(14)29-3)24-22(27)16-8-11-18(12-9-16)26-23(28)19-6-4-5-15(2)21(19)25-26/h4-7,10,13,16,18,25H,8-9,11-12H2,1-3H3,(H,24,27). The molecule has 2 N–H and O–H groups in total. The zero-order valence-corrected chi connectivity index (χ0v) is 17.1. The number of hydrogen-bond donors (Lipinski definition) is 2. The zero-order chi connectivity index (χ0) is 20.5. The van der Waals surface area contributed by atoms with Gasteiger partial charge in [0.2, 0.25) is 5.91 Å². The topological polar surface area (TPSA) is 76.1 Å². The van der Waals surface area contributed by atoms with E-state index in [9.17, 15) is 9.59 Å². The first-order valence-corrected chi connectivity index (χ1v) is 10.1. The Bertz CT molecular complexity index is 1100. The Balaban J connectivity index is 1.43. The Morgan fingerprint density at radius 3 is 2.55 bits per heavy atom. The van der Waals surface area contributed by atoms with Gasteiger partial charge in [-0.3, -0.25) is 14.7 Å². The molecule has 0 spiro atoms. The quantitative estimate of drug-likeness (QED) is 0.693. The minimum Gasteiger partial charge on any atom is -0.496 e. The van der Waals surface area contributed by atoms with Gasteiger partial charge in [-0.2, -0.15) is 0 Å². The number of rotatable bonds is 4. The highest BCUT2D eigenvalue weighted by Crippen LogP contribution is 2.33. The number of para-hydroxylation sites is 1. The van der Waals surface area contributed by atoms with Crippen LogP contribution in [0.2, 0.25) is 0 Å². The van der Waals surface area contributed by atoms with Crippen LogP contribution in [0.1, 0.15) is 42.9 Å². The smallest absolute Gasteiger partial charge is 0.274 e. The molecule has 3 aromatic rings. The van der Waals surface area contributed by atoms with E-state index in [2.05, 4.69) is 10.4 Å². The maximum Gasteiger partial charge on any atom is 0.274 e. The van der Waals surface area contributed by atoms with Gasteiger partial charge in [0, 0.05) is 17.7 Å². The second kappa shape index (κ2) is 7.78. The summed E-state index contributed by atoms with van der Waals surface area (Å²) in [5.74, 6) is 0.759. The van der Waals surface area contributed by atoms with Crippen molar-refractivity contribution in [2.45, 2.75) is 45.6 Å². The Kier molecular flexibility index (Phi) is 5.18. The van der Waals surface area contributed by atoms with E-state index in [0.717, 1.165) is 59.2 Å². The number of H-pyrrole nitrogens is 1. The molecular weight excluding hydrogens is 366 g/mol. The van der Waals surface area contributed by atoms with Crippen LogP contribution < -0.4 is 15.6 Å². The van der Waals surface area contributed by atoms with Crippen molar-refractivity contribution < 1.29 is 9.53 Å². The maximum atomic E-state index is 12.8. The summed E-state index contributed by atoms with van der Waals surface area (Å²) in [5, 5.41) is 7.04. The van der Waals surface area contributed by atoms with Crippen molar-refractivity contribution in [3.63, 3.8) is 0 Å². The molecule has 0 aliphatic heterocycles. The fourth-order valence-corrected chi connectivity index (χ4v) is 4.29. The van der Waals surface area contributed by atoms with Crippen LogP contribution in [0.25, 0.3) is 10.9 Å². The molecule has 4 rings (SSSR count). The van der Waals surface area contributed by atoms with Crippen LogP contribution in [0.15, 0.2) is 41.2 Å². The van der Waals surface area contributed by atoms with Crippen LogP contribution >= 0.6 is 0 Å². The minimum absolute atomic E-state index is 0.0309. The number of carbonyl (C=O) groups is 1. The van der Waals surface area contributed by atoms with E-state index < -0.39 is 0 Å². The lowest BCUT2D eigenvalue weighted by Crippen LogP contribution is -2.31. The van der Waals surface area contributed by atoms with E-state index in [-0.39, 0.29) is 23.4 Å². The normalized spacial score (nSPS) is 19.3. The average molecular weight is 393 g/mol. The highest BCUT2D eigenvalue weighted by atomic mass is 16.5. The molecule has 1 fully saturated rings. The summed E-state index contributed by atoms with van der Waals surface area (Å²) in [5.41, 5.74) is 3.79. The monoisotopic (exact) mass is 393 g/mol. The number of fused-ring (bicyclic) bond motifs is 1. The zero-order valence-electron chi connectivity index (χ0n) is 17.1. The van der Waals surface area contributed by atoms with Crippen LogP contribution in [0.5, 0.6) is 5.75 Å². The van der Waals surface area contributed by atoms with Crippen molar-refractivity contribution >= 4 is 22.5 Å². The molecular formula is C23H27N3O3. The SMILES string of the molecule is COc1cc(NC(=O)C2CCC(n3[nH]c4c(C)cccc4c3=O)CC2)ccc1C. The number of ether oxygens (including phenoxy) is 1. The summed E-state index contributed by atoms with van der Waals surface area (Å²) in [6.07, 6.45) is 3.14. The molecule has 0 saturated heterocycles. The first kappa shape index (κ1) is 19.3. The number of hydrogen-bond acceptors (Lipinski definition) is 3. The molecule has 1 saturated carbocycles. The number of anilines is 1. The first-order valence-electron chi connectivity index (χ1n) is 10.1. The number of aromatic nitrogens is 2. The summed E-state index contributed by atoms with van der Waals surface area (Å²) < 4.78 is 7.09. The molecule has 0 bridgehead atoms. The van der Waals surface area contributed by atoms with Crippen molar-refractivity contribution in [3.8, 4) is 5.75 Å². The second-order valence-corrected chi connectivity index (χ2v) is 7.96. The van der Waals surface area contributed by atoms with Crippen LogP contribution in [0.3, 0.4) is 0 Å². The molecule has 0 radical (unpaired) electrons. The Hall–Kier alpha value is -3.02. The summed E-state index contributed by atoms with van der Waals surface area (Å²) >= 11 is 0. The highest BCUT2D eigenvalue weighted by molar-refractivity contribution is 5.92. The largest absolute Gasteiger partial charge is 0.496 e. The molecule has 1 aliphatic carbocycles. The lowest BCUT2D eigenvalue weighted by molar-refractivity contribution is -0.121. The van der Waals surface area contributed by atoms with Gasteiger partial charge in [-0.15, -0.1) is 0 Å². The summed E-state index contributed by atoms with van der Waals surface area (Å²) in [4.78, 5) is 25.5. The van der Waals surface area contributed by atoms with Gasteiger partial charge in [-0.25, -0.2) is 4.68 Å². The molecule has 6 nitrogen and oxygen atoms in total. The van der Waals surface area contributed by atoms with Crippen molar-refractivity contribution in [2.24, 2.45) is 5.92 Å². The first-order chi connectivity index (χ1) is 14.0. The Morgan fingerprint density at radius 1 is 1.10 bits per heavy atom. The summed E-state index contributed by atoms with van der Waals surface area (Å²) in [6.45, 7) is 3.98. The molecule has 1 aromatic heterocycles. The molecule has 1 heterocycles. The van der Waals surface area contributed by atoms with E-state index in [1.54, 1.807) is 11.8 Å². The average Bonchev–Trinajstić information content (AvgIpc) is 3.07. The van der Waals surface area contributed by atoms with E-state index in [0.29, 0.717) is 0 Å². The number of nitrogens with zero attached hydrogens (tertiary/aromatic N) is 1. The fourth-order valence-electron chi connectivity index (χ4n) is 4.29. The number of methoxy groups -OCH3 is 1. The Labute approximate surface area is 169 Å². The van der Waals surface area contributed by atoms with Crippen molar-refractivity contribution in [1.82, 2.24) is 9.78 Å². The lowest BCUT2D eigenvalue weighted by Gasteiger charge is -2.28. The van der Waals surface area contributed by atoms with Gasteiger partial charge in [-0.05, 0) is 62.8 Å². The third kappa shape index (κ3) is 3.67. The van der Waals surface area contributed by atoms with Crippen LogP contribution in [-0.2, 0) is 4.79 Å². The van der Waals surface area contributed by atoms with Crippen molar-refractivity contribution in [1.29, 1.82) is 0 Å². The predicted octanol–water partition coefficient (Wildman–Crippen LogP) is 4.33. The van der Waals surface area contributed by atoms with E-state index in [1.165, 1.54) is 0 Å². The van der Waals surface area contributed by atoms with Gasteiger partial charge in [-0.1, -0.05) is 18.2 Å². The molecule has 29 heavy (non-hydrogen) atoms. The van der Waals surface area contributed by atoms with E-state index >= 15 is 0 Å². The van der Waals surface area contributed by atoms with E-state index in [4.69, 9.17) is 4.74 Å². The fraction of sp³-hybridized carbons (Fsp3) is 0.391. The number of amides is 1. The van der Waals surface area contributed by atoms with Crippen LogP contribution in [0.4, 0.5) is 5.69 Å². The molecule has 0 unspecified atom stereocenters. The van der Waals surface area contributed by atoms with Gasteiger partial charge in [0.15, 0.2) is 0 Å². The van der Waals surface area contributed by atoms with Gasteiger partial charge < -0.3 is 10.1 Å². The maximum absolute atomic E-state index is 12.8. The molecule has 6 heteroatoms. The summed E-state index contributed by atoms with van der Waals surface area (Å²) in [6, 6.07) is 11.6. The third-order valence-electron chi connectivity index (χ3n) is 6.06. The van der Waals surface area contributed by atoms with E-state index in [1.807, 2.05) is 50.2 Å². The lowest BCUT2D eigenvalue weighted by atomic mass is 9.85. The molecule has 0 atom stereocenters. The van der Waals surface area contributed by atoms with Crippen LogP contribution in [0, 0.1) is 19.8 Å². The number of carbonyl (C=O) groups excluding carboxylic acids is 1. The number of nitrogens with one attached hydrogen (secondary N) is 2. The summed E-state index contributed by atoms with van der Waals surface area (Å²) in [7, 11) is 1.63. The van der Waals surface area contributed by atoms with Crippen molar-refractivity contribution in [2.75, 3.05) is 12.4 Å². The van der Waals surface area contributed by atoms with Gasteiger partial charge in [0.1, 0.15) is 5.75 Å². The Morgan fingerprint density at radius 2 is 1.86 bits per heavy atom. The third-order valence-corrected chi connectivity index (χ3v) is 6.06. The van der Waals surface area contributed by atoms with Gasteiger partial charge in [0.05, 0.1) is 24.1 Å². The minimum atomic E-state index is -0.0413. The van der Waals surface area contributed by atoms with Gasteiger partial charge >= 0.3 is 0 Å². The molecule has 1 amide bonds.